The maximum absolute atomic E-state index is 13.1. The van der Waals surface area contributed by atoms with Crippen LogP contribution in [-0.2, 0) is 16.0 Å². The van der Waals surface area contributed by atoms with Crippen LogP contribution in [-0.4, -0.2) is 54.0 Å². The monoisotopic (exact) mass is 445 g/mol. The Bertz CT molecular complexity index is 1100. The van der Waals surface area contributed by atoms with Crippen molar-refractivity contribution in [2.24, 2.45) is 0 Å². The summed E-state index contributed by atoms with van der Waals surface area (Å²) in [7, 11) is 0. The summed E-state index contributed by atoms with van der Waals surface area (Å²) in [5.74, 6) is 0.858. The molecule has 2 amide bonds. The second kappa shape index (κ2) is 10.6. The highest BCUT2D eigenvalue weighted by molar-refractivity contribution is 5.90. The molecule has 3 aromatic rings. The summed E-state index contributed by atoms with van der Waals surface area (Å²) in [5.41, 5.74) is 3.04. The molecule has 0 saturated carbocycles. The Kier molecular flexibility index (Phi) is 7.19. The average molecular weight is 446 g/mol. The highest BCUT2D eigenvalue weighted by Crippen LogP contribution is 2.26. The van der Waals surface area contributed by atoms with E-state index in [1.54, 1.807) is 29.4 Å². The number of aromatic nitrogens is 1. The lowest BCUT2D eigenvalue weighted by molar-refractivity contribution is -0.144. The zero-order valence-corrected chi connectivity index (χ0v) is 18.6. The molecule has 1 saturated heterocycles. The summed E-state index contributed by atoms with van der Waals surface area (Å²) in [4.78, 5) is 31.5. The van der Waals surface area contributed by atoms with Crippen LogP contribution >= 0.6 is 0 Å². The number of benzene rings is 2. The number of nitrogens with one attached hydrogen (secondary N) is 1. The molecule has 7 heteroatoms. The Balaban J connectivity index is 1.49. The van der Waals surface area contributed by atoms with Crippen LogP contribution in [0, 0.1) is 0 Å². The maximum atomic E-state index is 13.1. The highest BCUT2D eigenvalue weighted by atomic mass is 16.5. The number of hydrogen-bond acceptors (Lipinski definition) is 5. The van der Waals surface area contributed by atoms with Gasteiger partial charge in [-0.3, -0.25) is 14.6 Å². The quantitative estimate of drug-likeness (QED) is 0.576. The van der Waals surface area contributed by atoms with Crippen molar-refractivity contribution >= 4 is 11.8 Å². The fourth-order valence-corrected chi connectivity index (χ4v) is 3.98. The fourth-order valence-electron chi connectivity index (χ4n) is 3.98. The van der Waals surface area contributed by atoms with Crippen LogP contribution in [0.5, 0.6) is 11.5 Å². The number of carbonyl (C=O) groups is 2. The Hall–Kier alpha value is -3.87. The molecule has 2 aromatic carbocycles. The van der Waals surface area contributed by atoms with E-state index >= 15 is 0 Å². The van der Waals surface area contributed by atoms with E-state index in [9.17, 15) is 9.59 Å². The minimum absolute atomic E-state index is 0.147. The molecule has 0 bridgehead atoms. The van der Waals surface area contributed by atoms with E-state index in [1.807, 2.05) is 55.5 Å². The first kappa shape index (κ1) is 22.3. The lowest BCUT2D eigenvalue weighted by Gasteiger charge is -2.35. The second-order valence-electron chi connectivity index (χ2n) is 7.69. The van der Waals surface area contributed by atoms with Gasteiger partial charge < -0.3 is 19.7 Å². The number of pyridine rings is 1. The van der Waals surface area contributed by atoms with Crippen molar-refractivity contribution in [2.75, 3.05) is 26.3 Å². The van der Waals surface area contributed by atoms with Crippen molar-refractivity contribution < 1.29 is 19.1 Å². The molecule has 1 unspecified atom stereocenters. The van der Waals surface area contributed by atoms with Crippen molar-refractivity contribution in [1.82, 2.24) is 15.2 Å². The van der Waals surface area contributed by atoms with Gasteiger partial charge in [-0.25, -0.2) is 0 Å². The molecule has 1 N–H and O–H groups in total. The molecular formula is C26H27N3O4. The molecule has 0 aliphatic carbocycles. The van der Waals surface area contributed by atoms with Crippen LogP contribution in [0.2, 0.25) is 0 Å². The number of nitrogens with zero attached hydrogens (tertiary/aromatic N) is 2. The third-order valence-electron chi connectivity index (χ3n) is 5.55. The Morgan fingerprint density at radius 1 is 1.06 bits per heavy atom. The van der Waals surface area contributed by atoms with Gasteiger partial charge in [0.15, 0.2) is 6.61 Å². The summed E-state index contributed by atoms with van der Waals surface area (Å²) >= 11 is 0. The minimum atomic E-state index is -0.604. The second-order valence-corrected chi connectivity index (χ2v) is 7.69. The molecule has 1 aromatic heterocycles. The highest BCUT2D eigenvalue weighted by Gasteiger charge is 2.33. The van der Waals surface area contributed by atoms with Crippen LogP contribution in [0.15, 0.2) is 73.1 Å². The van der Waals surface area contributed by atoms with Gasteiger partial charge in [-0.15, -0.1) is 0 Å². The number of ether oxygens (including phenoxy) is 2. The van der Waals surface area contributed by atoms with E-state index in [-0.39, 0.29) is 18.4 Å². The SMILES string of the molecule is CCOc1cccc(OCC(=O)N2CCNC(=O)C2Cc2ccccc2-c2ccncc2)c1. The van der Waals surface area contributed by atoms with Crippen LogP contribution in [0.3, 0.4) is 0 Å². The van der Waals surface area contributed by atoms with E-state index in [4.69, 9.17) is 9.47 Å². The number of rotatable bonds is 8. The standard InChI is InChI=1S/C26H27N3O4/c1-2-32-21-7-5-8-22(17-21)33-18-25(30)29-15-14-28-26(31)24(29)16-20-6-3-4-9-23(20)19-10-12-27-13-11-19/h3-13,17,24H,2,14-16,18H2,1H3,(H,28,31). The van der Waals surface area contributed by atoms with Gasteiger partial charge in [0, 0.05) is 38.0 Å². The largest absolute Gasteiger partial charge is 0.494 e. The minimum Gasteiger partial charge on any atom is -0.494 e. The molecule has 1 atom stereocenters. The first-order valence-electron chi connectivity index (χ1n) is 11.1. The van der Waals surface area contributed by atoms with E-state index in [0.29, 0.717) is 37.6 Å². The summed E-state index contributed by atoms with van der Waals surface area (Å²) in [6.07, 6.45) is 3.90. The summed E-state index contributed by atoms with van der Waals surface area (Å²) in [6.45, 7) is 3.17. The van der Waals surface area contributed by atoms with Crippen LogP contribution in [0.1, 0.15) is 12.5 Å². The van der Waals surface area contributed by atoms with Crippen LogP contribution < -0.4 is 14.8 Å². The van der Waals surface area contributed by atoms with E-state index in [0.717, 1.165) is 16.7 Å². The zero-order valence-electron chi connectivity index (χ0n) is 18.6. The molecule has 2 heterocycles. The Labute approximate surface area is 193 Å². The smallest absolute Gasteiger partial charge is 0.261 e. The molecule has 0 radical (unpaired) electrons. The van der Waals surface area contributed by atoms with Crippen molar-refractivity contribution in [3.8, 4) is 22.6 Å². The topological polar surface area (TPSA) is 80.8 Å². The number of hydrogen-bond donors (Lipinski definition) is 1. The fraction of sp³-hybridized carbons (Fsp3) is 0.269. The van der Waals surface area contributed by atoms with Gasteiger partial charge in [0.25, 0.3) is 5.91 Å². The molecular weight excluding hydrogens is 418 g/mol. The number of carbonyl (C=O) groups excluding carboxylic acids is 2. The van der Waals surface area contributed by atoms with Crippen molar-refractivity contribution in [3.63, 3.8) is 0 Å². The van der Waals surface area contributed by atoms with Crippen LogP contribution in [0.25, 0.3) is 11.1 Å². The molecule has 33 heavy (non-hydrogen) atoms. The van der Waals surface area contributed by atoms with Crippen molar-refractivity contribution in [1.29, 1.82) is 0 Å². The first-order valence-corrected chi connectivity index (χ1v) is 11.1. The molecule has 1 aliphatic rings. The van der Waals surface area contributed by atoms with Gasteiger partial charge in [0.05, 0.1) is 6.61 Å². The number of piperazine rings is 1. The van der Waals surface area contributed by atoms with Gasteiger partial charge in [0.2, 0.25) is 5.91 Å². The molecule has 0 spiro atoms. The normalized spacial score (nSPS) is 15.6. The van der Waals surface area contributed by atoms with Gasteiger partial charge in [-0.1, -0.05) is 30.3 Å². The predicted molar refractivity (Wildman–Crippen MR) is 125 cm³/mol. The summed E-state index contributed by atoms with van der Waals surface area (Å²) < 4.78 is 11.2. The summed E-state index contributed by atoms with van der Waals surface area (Å²) in [6, 6.07) is 18.4. The maximum Gasteiger partial charge on any atom is 0.261 e. The van der Waals surface area contributed by atoms with Crippen molar-refractivity contribution in [2.45, 2.75) is 19.4 Å². The Morgan fingerprint density at radius 2 is 1.82 bits per heavy atom. The van der Waals surface area contributed by atoms with Gasteiger partial charge in [0.1, 0.15) is 17.5 Å². The van der Waals surface area contributed by atoms with Gasteiger partial charge in [-0.2, -0.15) is 0 Å². The third kappa shape index (κ3) is 5.49. The van der Waals surface area contributed by atoms with E-state index < -0.39 is 6.04 Å². The first-order chi connectivity index (χ1) is 16.2. The molecule has 1 fully saturated rings. The van der Waals surface area contributed by atoms with Gasteiger partial charge in [-0.05, 0) is 47.9 Å². The summed E-state index contributed by atoms with van der Waals surface area (Å²) in [5, 5.41) is 2.89. The van der Waals surface area contributed by atoms with E-state index in [1.165, 1.54) is 0 Å². The lowest BCUT2D eigenvalue weighted by Crippen LogP contribution is -2.58. The molecule has 170 valence electrons. The molecule has 1 aliphatic heterocycles. The predicted octanol–water partition coefficient (Wildman–Crippen LogP) is 3.10. The van der Waals surface area contributed by atoms with Crippen LogP contribution in [0.4, 0.5) is 0 Å². The average Bonchev–Trinajstić information content (AvgIpc) is 2.85. The lowest BCUT2D eigenvalue weighted by atomic mass is 9.94. The Morgan fingerprint density at radius 3 is 2.61 bits per heavy atom. The third-order valence-corrected chi connectivity index (χ3v) is 5.55. The zero-order chi connectivity index (χ0) is 23.0. The van der Waals surface area contributed by atoms with Gasteiger partial charge >= 0.3 is 0 Å². The number of amides is 2. The van der Waals surface area contributed by atoms with E-state index in [2.05, 4.69) is 10.3 Å². The van der Waals surface area contributed by atoms with Crippen molar-refractivity contribution in [3.05, 3.63) is 78.6 Å². The molecule has 4 rings (SSSR count). The molecule has 7 nitrogen and oxygen atoms in total.